The molecule has 6 nitrogen and oxygen atoms in total. The van der Waals surface area contributed by atoms with Crippen LogP contribution in [0.1, 0.15) is 39.1 Å². The van der Waals surface area contributed by atoms with Gasteiger partial charge in [0.05, 0.1) is 16.3 Å². The van der Waals surface area contributed by atoms with Crippen LogP contribution in [-0.2, 0) is 0 Å². The Morgan fingerprint density at radius 1 is 0.871 bits per heavy atom. The van der Waals surface area contributed by atoms with Crippen LogP contribution >= 0.6 is 23.2 Å². The van der Waals surface area contributed by atoms with E-state index in [0.29, 0.717) is 27.1 Å². The number of hydrogen-bond acceptors (Lipinski definition) is 4. The van der Waals surface area contributed by atoms with Gasteiger partial charge >= 0.3 is 0 Å². The minimum atomic E-state index is -0.456. The fraction of sp³-hybridized carbons (Fsp3) is 0.130. The van der Waals surface area contributed by atoms with Gasteiger partial charge in [-0.05, 0) is 60.9 Å². The first-order chi connectivity index (χ1) is 15.0. The molecule has 1 aromatic heterocycles. The van der Waals surface area contributed by atoms with Crippen LogP contribution in [0.2, 0.25) is 10.0 Å². The lowest BCUT2D eigenvalue weighted by molar-refractivity contribution is 0.102. The summed E-state index contributed by atoms with van der Waals surface area (Å²) in [4.78, 5) is 34.1. The van der Waals surface area contributed by atoms with Gasteiger partial charge in [-0.15, -0.1) is 0 Å². The summed E-state index contributed by atoms with van der Waals surface area (Å²) in [5, 5.41) is 6.29. The first-order valence-electron chi connectivity index (χ1n) is 9.67. The first-order valence-corrected chi connectivity index (χ1v) is 10.4. The molecule has 31 heavy (non-hydrogen) atoms. The van der Waals surface area contributed by atoms with Gasteiger partial charge < -0.3 is 10.6 Å². The second-order valence-corrected chi connectivity index (χ2v) is 7.84. The van der Waals surface area contributed by atoms with E-state index in [9.17, 15) is 9.59 Å². The molecule has 0 saturated heterocycles. The van der Waals surface area contributed by atoms with Crippen LogP contribution in [0.25, 0.3) is 0 Å². The highest BCUT2D eigenvalue weighted by Crippen LogP contribution is 2.23. The molecule has 0 radical (unpaired) electrons. The van der Waals surface area contributed by atoms with Crippen LogP contribution < -0.4 is 10.6 Å². The molecule has 156 valence electrons. The zero-order valence-corrected chi connectivity index (χ0v) is 17.9. The van der Waals surface area contributed by atoms with E-state index in [2.05, 4.69) is 20.6 Å². The molecule has 2 heterocycles. The molecule has 2 amide bonds. The molecular formula is C23H18Cl2N4O2. The number of carbonyl (C=O) groups is 2. The van der Waals surface area contributed by atoms with Gasteiger partial charge in [0.15, 0.2) is 0 Å². The molecule has 0 aliphatic carbocycles. The Bertz CT molecular complexity index is 1160. The van der Waals surface area contributed by atoms with Gasteiger partial charge in [-0.1, -0.05) is 35.3 Å². The van der Waals surface area contributed by atoms with Gasteiger partial charge in [0.25, 0.3) is 11.8 Å². The molecular weight excluding hydrogens is 435 g/mol. The molecule has 1 aliphatic heterocycles. The predicted molar refractivity (Wildman–Crippen MR) is 124 cm³/mol. The predicted octanol–water partition coefficient (Wildman–Crippen LogP) is 5.48. The number of nitrogens with zero attached hydrogens (tertiary/aromatic N) is 2. The number of pyridine rings is 1. The molecule has 0 saturated carbocycles. The van der Waals surface area contributed by atoms with E-state index in [1.54, 1.807) is 36.4 Å². The van der Waals surface area contributed by atoms with Crippen molar-refractivity contribution >= 4 is 52.2 Å². The molecule has 8 heteroatoms. The fourth-order valence-corrected chi connectivity index (χ4v) is 3.51. The number of amides is 2. The number of nitrogens with one attached hydrogen (secondary N) is 2. The summed E-state index contributed by atoms with van der Waals surface area (Å²) in [7, 11) is 0. The molecule has 0 bridgehead atoms. The monoisotopic (exact) mass is 452 g/mol. The fourth-order valence-electron chi connectivity index (χ4n) is 3.23. The smallest absolute Gasteiger partial charge is 0.258 e. The van der Waals surface area contributed by atoms with E-state index >= 15 is 0 Å². The largest absolute Gasteiger partial charge is 0.321 e. The number of aliphatic imine (C=N–C) groups is 1. The van der Waals surface area contributed by atoms with E-state index in [1.807, 2.05) is 12.1 Å². The van der Waals surface area contributed by atoms with Crippen molar-refractivity contribution in [1.82, 2.24) is 4.98 Å². The number of rotatable bonds is 5. The number of hydrogen-bond donors (Lipinski definition) is 2. The number of anilines is 2. The first kappa shape index (κ1) is 21.0. The molecule has 2 N–H and O–H groups in total. The van der Waals surface area contributed by atoms with Crippen LogP contribution in [0, 0.1) is 0 Å². The van der Waals surface area contributed by atoms with Crippen molar-refractivity contribution in [2.45, 2.75) is 12.8 Å². The Kier molecular flexibility index (Phi) is 6.30. The number of carbonyl (C=O) groups excluding carboxylic acids is 2. The summed E-state index contributed by atoms with van der Waals surface area (Å²) in [5.41, 5.74) is 3.12. The lowest BCUT2D eigenvalue weighted by atomic mass is 10.0. The number of benzene rings is 2. The van der Waals surface area contributed by atoms with Crippen molar-refractivity contribution in [2.75, 3.05) is 17.2 Å². The zero-order chi connectivity index (χ0) is 21.8. The van der Waals surface area contributed by atoms with Gasteiger partial charge in [-0.25, -0.2) is 4.98 Å². The van der Waals surface area contributed by atoms with Crippen molar-refractivity contribution in [2.24, 2.45) is 4.99 Å². The van der Waals surface area contributed by atoms with Crippen LogP contribution in [-0.4, -0.2) is 29.1 Å². The second kappa shape index (κ2) is 9.29. The summed E-state index contributed by atoms with van der Waals surface area (Å²) in [6.45, 7) is 0.852. The second-order valence-electron chi connectivity index (χ2n) is 6.97. The quantitative estimate of drug-likeness (QED) is 0.537. The SMILES string of the molecule is O=C(Nc1ccc(Cl)cc1C(=O)Nc1ccc(Cl)cn1)c1ccc(C2=NCCC2)cc1. The highest BCUT2D eigenvalue weighted by molar-refractivity contribution is 6.31. The van der Waals surface area contributed by atoms with E-state index < -0.39 is 5.91 Å². The maximum absolute atomic E-state index is 12.8. The van der Waals surface area contributed by atoms with Gasteiger partial charge in [0, 0.05) is 29.0 Å². The van der Waals surface area contributed by atoms with Crippen molar-refractivity contribution in [1.29, 1.82) is 0 Å². The molecule has 4 rings (SSSR count). The average molecular weight is 453 g/mol. The molecule has 3 aromatic rings. The summed E-state index contributed by atoms with van der Waals surface area (Å²) in [6.07, 6.45) is 3.44. The minimum Gasteiger partial charge on any atom is -0.321 e. The minimum absolute atomic E-state index is 0.217. The lowest BCUT2D eigenvalue weighted by Gasteiger charge is -2.12. The van der Waals surface area contributed by atoms with Gasteiger partial charge in [0.1, 0.15) is 5.82 Å². The van der Waals surface area contributed by atoms with E-state index in [-0.39, 0.29) is 11.5 Å². The maximum Gasteiger partial charge on any atom is 0.258 e. The average Bonchev–Trinajstić information content (AvgIpc) is 3.31. The molecule has 2 aromatic carbocycles. The normalized spacial score (nSPS) is 12.9. The summed E-state index contributed by atoms with van der Waals surface area (Å²) >= 11 is 11.9. The Morgan fingerprint density at radius 2 is 1.65 bits per heavy atom. The Morgan fingerprint density at radius 3 is 2.32 bits per heavy atom. The molecule has 0 atom stereocenters. The van der Waals surface area contributed by atoms with Crippen molar-refractivity contribution in [3.8, 4) is 0 Å². The molecule has 0 fully saturated rings. The topological polar surface area (TPSA) is 83.5 Å². The Labute approximate surface area is 189 Å². The molecule has 1 aliphatic rings. The lowest BCUT2D eigenvalue weighted by Crippen LogP contribution is -2.18. The van der Waals surface area contributed by atoms with Crippen molar-refractivity contribution in [3.05, 3.63) is 87.5 Å². The maximum atomic E-state index is 12.8. The Balaban J connectivity index is 1.52. The van der Waals surface area contributed by atoms with E-state index in [0.717, 1.165) is 30.7 Å². The van der Waals surface area contributed by atoms with Gasteiger partial charge in [0.2, 0.25) is 0 Å². The highest BCUT2D eigenvalue weighted by Gasteiger charge is 2.17. The van der Waals surface area contributed by atoms with Crippen LogP contribution in [0.5, 0.6) is 0 Å². The summed E-state index contributed by atoms with van der Waals surface area (Å²) in [5.74, 6) is -0.458. The zero-order valence-electron chi connectivity index (χ0n) is 16.4. The standard InChI is InChI=1S/C23H18Cl2N4O2/c24-16-7-9-20(18(12-16)23(31)29-21-10-8-17(25)13-27-21)28-22(30)15-5-3-14(4-6-15)19-2-1-11-26-19/h3-10,12-13H,1-2,11H2,(H,28,30)(H,27,29,31). The van der Waals surface area contributed by atoms with E-state index in [1.165, 1.54) is 12.3 Å². The number of aromatic nitrogens is 1. The van der Waals surface area contributed by atoms with Crippen LogP contribution in [0.15, 0.2) is 65.8 Å². The van der Waals surface area contributed by atoms with Crippen molar-refractivity contribution in [3.63, 3.8) is 0 Å². The third-order valence-corrected chi connectivity index (χ3v) is 5.26. The van der Waals surface area contributed by atoms with E-state index in [4.69, 9.17) is 23.2 Å². The third-order valence-electron chi connectivity index (χ3n) is 4.80. The van der Waals surface area contributed by atoms with Crippen LogP contribution in [0.4, 0.5) is 11.5 Å². The van der Waals surface area contributed by atoms with Crippen LogP contribution in [0.3, 0.4) is 0 Å². The van der Waals surface area contributed by atoms with Crippen molar-refractivity contribution < 1.29 is 9.59 Å². The van der Waals surface area contributed by atoms with Gasteiger partial charge in [-0.3, -0.25) is 14.6 Å². The third kappa shape index (κ3) is 5.10. The van der Waals surface area contributed by atoms with Gasteiger partial charge in [-0.2, -0.15) is 0 Å². The molecule has 0 spiro atoms. The summed E-state index contributed by atoms with van der Waals surface area (Å²) < 4.78 is 0. The highest BCUT2D eigenvalue weighted by atomic mass is 35.5. The number of halogens is 2. The Hall–Kier alpha value is -3.22. The molecule has 0 unspecified atom stereocenters. The summed E-state index contributed by atoms with van der Waals surface area (Å²) in [6, 6.07) is 15.2.